The molecule has 10 heteroatoms. The summed E-state index contributed by atoms with van der Waals surface area (Å²) in [6, 6.07) is 30.5. The second kappa shape index (κ2) is 13.3. The lowest BCUT2D eigenvalue weighted by Crippen LogP contribution is -2.00. The summed E-state index contributed by atoms with van der Waals surface area (Å²) < 4.78 is 29.8. The van der Waals surface area contributed by atoms with Gasteiger partial charge in [0.1, 0.15) is 11.6 Å². The minimum atomic E-state index is -1.44. The molecular weight excluding hydrogens is 646 g/mol. The number of carboxylic acids is 4. The highest BCUT2D eigenvalue weighted by atomic mass is 19.1. The van der Waals surface area contributed by atoms with Gasteiger partial charge in [-0.2, -0.15) is 0 Å². The van der Waals surface area contributed by atoms with Crippen molar-refractivity contribution in [3.05, 3.63) is 155 Å². The third-order valence-corrected chi connectivity index (χ3v) is 8.20. The fraction of sp³-hybridized carbons (Fsp3) is 0. The fourth-order valence-electron chi connectivity index (χ4n) is 5.60. The number of rotatable bonds is 9. The van der Waals surface area contributed by atoms with Crippen LogP contribution in [-0.2, 0) is 0 Å². The van der Waals surface area contributed by atoms with Gasteiger partial charge < -0.3 is 20.4 Å². The molecule has 0 radical (unpaired) electrons. The minimum Gasteiger partial charge on any atom is -0.478 e. The zero-order chi connectivity index (χ0) is 35.7. The van der Waals surface area contributed by atoms with E-state index in [0.29, 0.717) is 55.6 Å². The highest BCUT2D eigenvalue weighted by molar-refractivity contribution is 5.92. The molecule has 0 heterocycles. The summed E-state index contributed by atoms with van der Waals surface area (Å²) in [5, 5.41) is 37.5. The summed E-state index contributed by atoms with van der Waals surface area (Å²) >= 11 is 0. The number of halogens is 2. The quantitative estimate of drug-likeness (QED) is 0.119. The SMILES string of the molecule is O=C(O)c1ccc(-c2cc(-c3ccc(C(=O)O)cc3)cc(-c3cc(-c4ccc(C(=O)O)c(F)c4)cc(-c4ccc(C(=O)O)c(F)c4)c3)c2)cc1. The van der Waals surface area contributed by atoms with Crippen LogP contribution in [0.4, 0.5) is 8.78 Å². The Bertz CT molecular complexity index is 2190. The molecule has 6 aromatic carbocycles. The topological polar surface area (TPSA) is 149 Å². The average Bonchev–Trinajstić information content (AvgIpc) is 3.11. The minimum absolute atomic E-state index is 0.0917. The van der Waals surface area contributed by atoms with Crippen LogP contribution in [-0.4, -0.2) is 44.3 Å². The lowest BCUT2D eigenvalue weighted by atomic mass is 9.89. The molecule has 0 aliphatic rings. The number of carboxylic acid groups (broad SMARTS) is 4. The first-order valence-corrected chi connectivity index (χ1v) is 14.9. The molecule has 0 atom stereocenters. The van der Waals surface area contributed by atoms with Crippen molar-refractivity contribution in [1.29, 1.82) is 0 Å². The maximum atomic E-state index is 14.9. The molecule has 0 aliphatic carbocycles. The molecule has 0 saturated heterocycles. The van der Waals surface area contributed by atoms with E-state index >= 15 is 0 Å². The van der Waals surface area contributed by atoms with Gasteiger partial charge in [0.25, 0.3) is 0 Å². The zero-order valence-corrected chi connectivity index (χ0v) is 25.7. The van der Waals surface area contributed by atoms with Gasteiger partial charge in [0, 0.05) is 0 Å². The number of benzene rings is 6. The molecule has 0 fully saturated rings. The van der Waals surface area contributed by atoms with Crippen molar-refractivity contribution in [1.82, 2.24) is 0 Å². The van der Waals surface area contributed by atoms with E-state index in [9.17, 15) is 48.4 Å². The molecule has 0 bridgehead atoms. The van der Waals surface area contributed by atoms with Gasteiger partial charge in [0.05, 0.1) is 22.3 Å². The van der Waals surface area contributed by atoms with Crippen LogP contribution < -0.4 is 0 Å². The zero-order valence-electron chi connectivity index (χ0n) is 25.7. The van der Waals surface area contributed by atoms with Crippen molar-refractivity contribution >= 4 is 23.9 Å². The van der Waals surface area contributed by atoms with Gasteiger partial charge in [-0.15, -0.1) is 0 Å². The van der Waals surface area contributed by atoms with Crippen LogP contribution >= 0.6 is 0 Å². The highest BCUT2D eigenvalue weighted by Gasteiger charge is 2.17. The molecule has 0 amide bonds. The van der Waals surface area contributed by atoms with Gasteiger partial charge in [-0.25, -0.2) is 28.0 Å². The summed E-state index contributed by atoms with van der Waals surface area (Å²) in [6.45, 7) is 0. The first-order valence-electron chi connectivity index (χ1n) is 14.9. The first kappa shape index (κ1) is 33.0. The molecule has 0 saturated carbocycles. The van der Waals surface area contributed by atoms with Gasteiger partial charge >= 0.3 is 23.9 Å². The number of hydrogen-bond acceptors (Lipinski definition) is 4. The molecule has 8 nitrogen and oxygen atoms in total. The van der Waals surface area contributed by atoms with Crippen LogP contribution in [0.25, 0.3) is 55.6 Å². The van der Waals surface area contributed by atoms with E-state index in [1.165, 1.54) is 36.4 Å². The summed E-state index contributed by atoms with van der Waals surface area (Å²) in [6.07, 6.45) is 0. The maximum Gasteiger partial charge on any atom is 0.338 e. The maximum absolute atomic E-state index is 14.9. The van der Waals surface area contributed by atoms with Crippen molar-refractivity contribution in [3.63, 3.8) is 0 Å². The number of carbonyl (C=O) groups is 4. The molecule has 0 unspecified atom stereocenters. The molecule has 0 aliphatic heterocycles. The van der Waals surface area contributed by atoms with Crippen LogP contribution in [0, 0.1) is 11.6 Å². The Labute approximate surface area is 282 Å². The average molecular weight is 671 g/mol. The summed E-state index contributed by atoms with van der Waals surface area (Å²) in [5.41, 5.74) is 4.58. The lowest BCUT2D eigenvalue weighted by molar-refractivity contribution is 0.0680. The Balaban J connectivity index is 1.59. The Morgan fingerprint density at radius 1 is 0.320 bits per heavy atom. The standard InChI is InChI=1S/C40H24F2O8/c41-35-19-25(9-11-33(35)39(47)48)29-16-30(26-10-12-34(40(49)50)36(42)20-26)18-32(17-29)31-14-27(21-1-5-23(6-2-21)37(43)44)13-28(15-31)22-3-7-24(8-4-22)38(45)46/h1-20H,(H,43,44)(H,45,46)(H,47,48)(H,49,50). The van der Waals surface area contributed by atoms with E-state index in [4.69, 9.17) is 0 Å². The third kappa shape index (κ3) is 6.71. The van der Waals surface area contributed by atoms with E-state index in [1.54, 1.807) is 42.5 Å². The van der Waals surface area contributed by atoms with Gasteiger partial charge in [-0.05, 0) is 141 Å². The molecular formula is C40H24F2O8. The van der Waals surface area contributed by atoms with Crippen LogP contribution in [0.1, 0.15) is 41.4 Å². The Morgan fingerprint density at radius 3 is 0.840 bits per heavy atom. The van der Waals surface area contributed by atoms with Crippen molar-refractivity contribution in [3.8, 4) is 55.6 Å². The van der Waals surface area contributed by atoms with Crippen LogP contribution in [0.3, 0.4) is 0 Å². The van der Waals surface area contributed by atoms with Gasteiger partial charge in [-0.3, -0.25) is 0 Å². The van der Waals surface area contributed by atoms with Crippen molar-refractivity contribution in [2.24, 2.45) is 0 Å². The normalized spacial score (nSPS) is 10.8. The molecule has 0 aromatic heterocycles. The van der Waals surface area contributed by atoms with E-state index in [0.717, 1.165) is 24.3 Å². The lowest BCUT2D eigenvalue weighted by Gasteiger charge is -2.15. The summed E-state index contributed by atoms with van der Waals surface area (Å²) in [7, 11) is 0. The predicted molar refractivity (Wildman–Crippen MR) is 181 cm³/mol. The number of aromatic carboxylic acids is 4. The van der Waals surface area contributed by atoms with Gasteiger partial charge in [-0.1, -0.05) is 36.4 Å². The monoisotopic (exact) mass is 670 g/mol. The van der Waals surface area contributed by atoms with E-state index in [2.05, 4.69) is 0 Å². The molecule has 4 N–H and O–H groups in total. The predicted octanol–water partition coefficient (Wildman–Crippen LogP) is 9.09. The second-order valence-corrected chi connectivity index (χ2v) is 11.4. The van der Waals surface area contributed by atoms with Crippen LogP contribution in [0.5, 0.6) is 0 Å². The van der Waals surface area contributed by atoms with Crippen LogP contribution in [0.2, 0.25) is 0 Å². The smallest absolute Gasteiger partial charge is 0.338 e. The van der Waals surface area contributed by atoms with Crippen molar-refractivity contribution in [2.75, 3.05) is 0 Å². The largest absolute Gasteiger partial charge is 0.478 e. The fourth-order valence-corrected chi connectivity index (χ4v) is 5.60. The van der Waals surface area contributed by atoms with Gasteiger partial charge in [0.2, 0.25) is 0 Å². The third-order valence-electron chi connectivity index (χ3n) is 8.20. The second-order valence-electron chi connectivity index (χ2n) is 11.4. The molecule has 0 spiro atoms. The summed E-state index contributed by atoms with van der Waals surface area (Å²) in [5.74, 6) is -6.97. The van der Waals surface area contributed by atoms with Crippen LogP contribution in [0.15, 0.2) is 121 Å². The Hall–Kier alpha value is -6.94. The van der Waals surface area contributed by atoms with E-state index in [1.807, 2.05) is 18.2 Å². The summed E-state index contributed by atoms with van der Waals surface area (Å²) in [4.78, 5) is 46.0. The molecule has 50 heavy (non-hydrogen) atoms. The van der Waals surface area contributed by atoms with Gasteiger partial charge in [0.15, 0.2) is 0 Å². The van der Waals surface area contributed by atoms with E-state index < -0.39 is 46.6 Å². The van der Waals surface area contributed by atoms with E-state index in [-0.39, 0.29) is 11.1 Å². The van der Waals surface area contributed by atoms with Crippen molar-refractivity contribution < 1.29 is 48.4 Å². The molecule has 246 valence electrons. The molecule has 6 aromatic rings. The van der Waals surface area contributed by atoms with Crippen molar-refractivity contribution in [2.45, 2.75) is 0 Å². The Morgan fingerprint density at radius 2 is 0.580 bits per heavy atom. The first-order chi connectivity index (χ1) is 23.9. The number of hydrogen-bond donors (Lipinski definition) is 4. The Kier molecular flexibility index (Phi) is 8.76. The molecule has 6 rings (SSSR count). The highest BCUT2D eigenvalue weighted by Crippen LogP contribution is 2.38.